The lowest BCUT2D eigenvalue weighted by Gasteiger charge is -2.10. The largest absolute Gasteiger partial charge is 0.487 e. The molecule has 2 aromatic carbocycles. The lowest BCUT2D eigenvalue weighted by Crippen LogP contribution is -2.00. The fourth-order valence-electron chi connectivity index (χ4n) is 1.52. The van der Waals surface area contributed by atoms with E-state index in [-0.39, 0.29) is 5.82 Å². The summed E-state index contributed by atoms with van der Waals surface area (Å²) in [4.78, 5) is 0. The van der Waals surface area contributed by atoms with Gasteiger partial charge in [0.15, 0.2) is 0 Å². The van der Waals surface area contributed by atoms with Crippen molar-refractivity contribution in [3.05, 3.63) is 59.4 Å². The quantitative estimate of drug-likeness (QED) is 0.822. The van der Waals surface area contributed by atoms with Crippen molar-refractivity contribution in [1.82, 2.24) is 0 Å². The summed E-state index contributed by atoms with van der Waals surface area (Å²) >= 11 is 0. The van der Waals surface area contributed by atoms with Gasteiger partial charge < -0.3 is 10.5 Å². The van der Waals surface area contributed by atoms with Gasteiger partial charge in [-0.25, -0.2) is 4.39 Å². The van der Waals surface area contributed by atoms with E-state index in [0.717, 1.165) is 11.1 Å². The Kier molecular flexibility index (Phi) is 3.28. The number of rotatable bonds is 3. The van der Waals surface area contributed by atoms with Crippen molar-refractivity contribution in [3.8, 4) is 5.75 Å². The molecule has 0 aliphatic heterocycles. The van der Waals surface area contributed by atoms with Gasteiger partial charge in [0.05, 0.1) is 5.69 Å². The molecule has 0 aliphatic carbocycles. The normalized spacial score (nSPS) is 10.2. The van der Waals surface area contributed by atoms with Crippen molar-refractivity contribution in [2.45, 2.75) is 13.5 Å². The van der Waals surface area contributed by atoms with Crippen LogP contribution in [0.15, 0.2) is 42.5 Å². The van der Waals surface area contributed by atoms with Gasteiger partial charge in [0, 0.05) is 0 Å². The Morgan fingerprint density at radius 3 is 2.53 bits per heavy atom. The van der Waals surface area contributed by atoms with Crippen molar-refractivity contribution in [2.24, 2.45) is 0 Å². The van der Waals surface area contributed by atoms with Crippen LogP contribution in [0.5, 0.6) is 5.75 Å². The van der Waals surface area contributed by atoms with Crippen molar-refractivity contribution in [3.63, 3.8) is 0 Å². The molecule has 2 rings (SSSR count). The molecule has 0 radical (unpaired) electrons. The fraction of sp³-hybridized carbons (Fsp3) is 0.143. The predicted octanol–water partition coefficient (Wildman–Crippen LogP) is 3.30. The Morgan fingerprint density at radius 2 is 1.82 bits per heavy atom. The Labute approximate surface area is 99.8 Å². The summed E-state index contributed by atoms with van der Waals surface area (Å²) in [6.45, 7) is 2.31. The maximum atomic E-state index is 12.7. The van der Waals surface area contributed by atoms with Gasteiger partial charge in [0.2, 0.25) is 0 Å². The molecule has 0 heterocycles. The summed E-state index contributed by atoms with van der Waals surface area (Å²) in [5.41, 5.74) is 8.43. The van der Waals surface area contributed by atoms with Crippen molar-refractivity contribution in [1.29, 1.82) is 0 Å². The summed E-state index contributed by atoms with van der Waals surface area (Å²) in [5, 5.41) is 0. The molecule has 2 nitrogen and oxygen atoms in total. The van der Waals surface area contributed by atoms with Gasteiger partial charge in [0.25, 0.3) is 0 Å². The van der Waals surface area contributed by atoms with Gasteiger partial charge in [-0.15, -0.1) is 0 Å². The van der Waals surface area contributed by atoms with Crippen LogP contribution in [0.2, 0.25) is 0 Å². The van der Waals surface area contributed by atoms with Crippen LogP contribution >= 0.6 is 0 Å². The Balaban J connectivity index is 2.07. The van der Waals surface area contributed by atoms with Crippen LogP contribution in [-0.2, 0) is 6.61 Å². The average molecular weight is 231 g/mol. The van der Waals surface area contributed by atoms with E-state index in [1.54, 1.807) is 12.1 Å². The highest BCUT2D eigenvalue weighted by molar-refractivity contribution is 5.57. The van der Waals surface area contributed by atoms with E-state index in [4.69, 9.17) is 10.5 Å². The first kappa shape index (κ1) is 11.5. The predicted molar refractivity (Wildman–Crippen MR) is 66.3 cm³/mol. The van der Waals surface area contributed by atoms with E-state index < -0.39 is 0 Å². The highest BCUT2D eigenvalue weighted by Gasteiger charge is 2.02. The van der Waals surface area contributed by atoms with Gasteiger partial charge in [-0.05, 0) is 36.2 Å². The molecule has 88 valence electrons. The highest BCUT2D eigenvalue weighted by atomic mass is 19.1. The van der Waals surface area contributed by atoms with Crippen LogP contribution in [0.25, 0.3) is 0 Å². The summed E-state index contributed by atoms with van der Waals surface area (Å²) in [6, 6.07) is 11.9. The second-order valence-electron chi connectivity index (χ2n) is 3.90. The number of nitrogen functional groups attached to an aromatic ring is 1. The summed E-state index contributed by atoms with van der Waals surface area (Å²) in [6.07, 6.45) is 0. The van der Waals surface area contributed by atoms with Crippen LogP contribution in [0.1, 0.15) is 11.1 Å². The summed E-state index contributed by atoms with van der Waals surface area (Å²) < 4.78 is 18.3. The molecule has 2 N–H and O–H groups in total. The first-order valence-corrected chi connectivity index (χ1v) is 5.39. The minimum absolute atomic E-state index is 0.246. The lowest BCUT2D eigenvalue weighted by molar-refractivity contribution is 0.307. The average Bonchev–Trinajstić information content (AvgIpc) is 2.33. The second kappa shape index (κ2) is 4.87. The fourth-order valence-corrected chi connectivity index (χ4v) is 1.52. The molecule has 17 heavy (non-hydrogen) atoms. The zero-order chi connectivity index (χ0) is 12.3. The molecule has 0 bridgehead atoms. The molecule has 0 spiro atoms. The highest BCUT2D eigenvalue weighted by Crippen LogP contribution is 2.25. The monoisotopic (exact) mass is 231 g/mol. The summed E-state index contributed by atoms with van der Waals surface area (Å²) in [7, 11) is 0. The third-order valence-corrected chi connectivity index (χ3v) is 2.59. The van der Waals surface area contributed by atoms with Gasteiger partial charge in [-0.1, -0.05) is 24.3 Å². The molecule has 0 amide bonds. The first-order chi connectivity index (χ1) is 8.16. The molecule has 3 heteroatoms. The number of ether oxygens (including phenoxy) is 1. The minimum Gasteiger partial charge on any atom is -0.487 e. The molecule has 0 unspecified atom stereocenters. The number of anilines is 1. The van der Waals surface area contributed by atoms with Crippen molar-refractivity contribution < 1.29 is 9.13 Å². The molecule has 0 fully saturated rings. The third-order valence-electron chi connectivity index (χ3n) is 2.59. The van der Waals surface area contributed by atoms with E-state index in [2.05, 4.69) is 0 Å². The first-order valence-electron chi connectivity index (χ1n) is 5.39. The van der Waals surface area contributed by atoms with Crippen molar-refractivity contribution >= 4 is 5.69 Å². The van der Waals surface area contributed by atoms with Crippen LogP contribution in [-0.4, -0.2) is 0 Å². The molecular weight excluding hydrogens is 217 g/mol. The third kappa shape index (κ3) is 2.75. The number of nitrogens with two attached hydrogens (primary N) is 1. The van der Waals surface area contributed by atoms with Crippen LogP contribution in [0.3, 0.4) is 0 Å². The van der Waals surface area contributed by atoms with Crippen molar-refractivity contribution in [2.75, 3.05) is 5.73 Å². The van der Waals surface area contributed by atoms with E-state index >= 15 is 0 Å². The standard InChI is InChI=1S/C14H14FNO/c1-10-3-2-4-13(14(10)16)17-9-11-5-7-12(15)8-6-11/h2-8H,9,16H2,1H3. The topological polar surface area (TPSA) is 35.2 Å². The minimum atomic E-state index is -0.246. The number of benzene rings is 2. The summed E-state index contributed by atoms with van der Waals surface area (Å²) in [5.74, 6) is 0.415. The molecular formula is C14H14FNO. The van der Waals surface area contributed by atoms with Crippen LogP contribution < -0.4 is 10.5 Å². The Bertz CT molecular complexity index is 508. The van der Waals surface area contributed by atoms with Gasteiger partial charge >= 0.3 is 0 Å². The van der Waals surface area contributed by atoms with Gasteiger partial charge in [-0.3, -0.25) is 0 Å². The number of para-hydroxylation sites is 1. The maximum absolute atomic E-state index is 12.7. The van der Waals surface area contributed by atoms with E-state index in [1.807, 2.05) is 25.1 Å². The zero-order valence-electron chi connectivity index (χ0n) is 9.61. The van der Waals surface area contributed by atoms with E-state index in [0.29, 0.717) is 18.0 Å². The second-order valence-corrected chi connectivity index (χ2v) is 3.90. The molecule has 0 atom stereocenters. The zero-order valence-corrected chi connectivity index (χ0v) is 9.61. The number of aryl methyl sites for hydroxylation is 1. The SMILES string of the molecule is Cc1cccc(OCc2ccc(F)cc2)c1N. The lowest BCUT2D eigenvalue weighted by atomic mass is 10.2. The smallest absolute Gasteiger partial charge is 0.142 e. The number of halogens is 1. The molecule has 0 aromatic heterocycles. The maximum Gasteiger partial charge on any atom is 0.142 e. The molecule has 0 saturated heterocycles. The molecule has 2 aromatic rings. The van der Waals surface area contributed by atoms with Crippen LogP contribution in [0, 0.1) is 12.7 Å². The van der Waals surface area contributed by atoms with Gasteiger partial charge in [-0.2, -0.15) is 0 Å². The Morgan fingerprint density at radius 1 is 1.12 bits per heavy atom. The molecule has 0 aliphatic rings. The number of hydrogen-bond donors (Lipinski definition) is 1. The molecule has 0 saturated carbocycles. The Hall–Kier alpha value is -2.03. The van der Waals surface area contributed by atoms with E-state index in [9.17, 15) is 4.39 Å². The van der Waals surface area contributed by atoms with E-state index in [1.165, 1.54) is 12.1 Å². The van der Waals surface area contributed by atoms with Gasteiger partial charge in [0.1, 0.15) is 18.2 Å². The number of hydrogen-bond acceptors (Lipinski definition) is 2. The van der Waals surface area contributed by atoms with Crippen LogP contribution in [0.4, 0.5) is 10.1 Å².